The van der Waals surface area contributed by atoms with Crippen LogP contribution in [0, 0.1) is 0 Å². The van der Waals surface area contributed by atoms with Gasteiger partial charge in [-0.1, -0.05) is 31.9 Å². The molecule has 0 heterocycles. The molecule has 0 radical (unpaired) electrons. The van der Waals surface area contributed by atoms with Crippen LogP contribution in [0.4, 0.5) is 17.1 Å². The molecular weight excluding hydrogens is 518 g/mol. The van der Waals surface area contributed by atoms with Crippen LogP contribution in [0.5, 0.6) is 0 Å². The molecule has 29 heavy (non-hydrogen) atoms. The Morgan fingerprint density at radius 1 is 0.862 bits per heavy atom. The lowest BCUT2D eigenvalue weighted by Crippen LogP contribution is -3.00. The average molecular weight is 538 g/mol. The Balaban J connectivity index is 0.00000300. The van der Waals surface area contributed by atoms with Crippen LogP contribution >= 0.6 is 31.9 Å². The second-order valence-corrected chi connectivity index (χ2v) is 8.28. The maximum absolute atomic E-state index is 13.2. The molecule has 0 aliphatic heterocycles. The highest BCUT2D eigenvalue weighted by molar-refractivity contribution is 9.10. The number of carbonyl (C=O) groups excluding carboxylic acids is 1. The maximum atomic E-state index is 13.2. The molecule has 3 aromatic carbocycles. The molecule has 0 atom stereocenters. The SMILES string of the molecule is C[NH+](C)c1ccc(C(=O)N(C=Nc2ccc(Br)cc2)c2ccc(Br)cc2)cc1.[Cl-]. The predicted octanol–water partition coefficient (Wildman–Crippen LogP) is 2.00. The van der Waals surface area contributed by atoms with Crippen LogP contribution in [-0.2, 0) is 0 Å². The standard InChI is InChI=1S/C22H19Br2N3O.ClH/c1-26(2)20-11-3-16(4-12-20)22(28)27(21-13-7-18(24)8-14-21)15-25-19-9-5-17(23)6-10-19;/h3-15H,1-2H3;1H. The van der Waals surface area contributed by atoms with Gasteiger partial charge in [-0.15, -0.1) is 0 Å². The molecule has 0 aromatic heterocycles. The summed E-state index contributed by atoms with van der Waals surface area (Å²) in [6.07, 6.45) is 1.57. The van der Waals surface area contributed by atoms with Gasteiger partial charge in [0.05, 0.1) is 25.5 Å². The van der Waals surface area contributed by atoms with Crippen LogP contribution in [0.15, 0.2) is 86.7 Å². The minimum absolute atomic E-state index is 0. The largest absolute Gasteiger partial charge is 1.00 e. The fourth-order valence-electron chi connectivity index (χ4n) is 2.57. The Labute approximate surface area is 193 Å². The van der Waals surface area contributed by atoms with Gasteiger partial charge in [-0.2, -0.15) is 0 Å². The van der Waals surface area contributed by atoms with Gasteiger partial charge in [0.2, 0.25) is 0 Å². The summed E-state index contributed by atoms with van der Waals surface area (Å²) in [5, 5.41) is 0. The van der Waals surface area contributed by atoms with E-state index in [9.17, 15) is 4.79 Å². The number of anilines is 1. The van der Waals surface area contributed by atoms with Crippen molar-refractivity contribution >= 4 is 61.2 Å². The third-order valence-electron chi connectivity index (χ3n) is 4.18. The van der Waals surface area contributed by atoms with Gasteiger partial charge < -0.3 is 17.3 Å². The van der Waals surface area contributed by atoms with Crippen molar-refractivity contribution in [1.29, 1.82) is 0 Å². The third kappa shape index (κ3) is 6.24. The average Bonchev–Trinajstić information content (AvgIpc) is 2.70. The molecule has 0 unspecified atom stereocenters. The zero-order valence-electron chi connectivity index (χ0n) is 15.9. The molecule has 1 N–H and O–H groups in total. The Morgan fingerprint density at radius 2 is 1.38 bits per heavy atom. The first-order valence-electron chi connectivity index (χ1n) is 8.73. The second kappa shape index (κ2) is 10.7. The molecule has 0 aliphatic carbocycles. The fourth-order valence-corrected chi connectivity index (χ4v) is 3.10. The summed E-state index contributed by atoms with van der Waals surface area (Å²) in [5.41, 5.74) is 3.24. The number of aliphatic imine (C=N–C) groups is 1. The molecule has 0 aliphatic rings. The van der Waals surface area contributed by atoms with Crippen LogP contribution in [0.2, 0.25) is 0 Å². The van der Waals surface area contributed by atoms with Gasteiger partial charge in [-0.3, -0.25) is 9.69 Å². The summed E-state index contributed by atoms with van der Waals surface area (Å²) < 4.78 is 1.93. The van der Waals surface area contributed by atoms with Gasteiger partial charge in [0.25, 0.3) is 5.91 Å². The molecular formula is C22H20Br2ClN3O. The Kier molecular flexibility index (Phi) is 8.59. The number of nitrogens with one attached hydrogen (secondary N) is 1. The van der Waals surface area contributed by atoms with Crippen molar-refractivity contribution in [3.05, 3.63) is 87.3 Å². The van der Waals surface area contributed by atoms with Crippen molar-refractivity contribution in [3.8, 4) is 0 Å². The molecule has 0 saturated heterocycles. The van der Waals surface area contributed by atoms with Crippen LogP contribution in [0.25, 0.3) is 0 Å². The van der Waals surface area contributed by atoms with Crippen LogP contribution in [0.1, 0.15) is 10.4 Å². The highest BCUT2D eigenvalue weighted by Crippen LogP contribution is 2.22. The number of halogens is 3. The Bertz CT molecular complexity index is 972. The number of nitrogens with zero attached hydrogens (tertiary/aromatic N) is 2. The van der Waals surface area contributed by atoms with Crippen LogP contribution < -0.4 is 22.2 Å². The van der Waals surface area contributed by atoms with E-state index < -0.39 is 0 Å². The van der Waals surface area contributed by atoms with Crippen LogP contribution in [-0.4, -0.2) is 26.3 Å². The lowest BCUT2D eigenvalue weighted by molar-refractivity contribution is -0.786. The minimum Gasteiger partial charge on any atom is -1.00 e. The molecule has 3 rings (SSSR count). The molecule has 3 aromatic rings. The van der Waals surface area contributed by atoms with E-state index in [1.807, 2.05) is 72.8 Å². The summed E-state index contributed by atoms with van der Waals surface area (Å²) in [6.45, 7) is 0. The number of quaternary nitrogens is 1. The zero-order chi connectivity index (χ0) is 20.1. The van der Waals surface area contributed by atoms with Crippen molar-refractivity contribution < 1.29 is 22.1 Å². The summed E-state index contributed by atoms with van der Waals surface area (Å²) in [6, 6.07) is 22.8. The quantitative estimate of drug-likeness (QED) is 0.393. The van der Waals surface area contributed by atoms with Crippen molar-refractivity contribution in [2.24, 2.45) is 4.99 Å². The molecule has 0 bridgehead atoms. The Hall–Kier alpha value is -1.99. The van der Waals surface area contributed by atoms with Gasteiger partial charge in [-0.05, 0) is 72.8 Å². The number of rotatable bonds is 5. The van der Waals surface area contributed by atoms with Crippen molar-refractivity contribution in [3.63, 3.8) is 0 Å². The second-order valence-electron chi connectivity index (χ2n) is 6.45. The third-order valence-corrected chi connectivity index (χ3v) is 5.24. The van der Waals surface area contributed by atoms with Gasteiger partial charge in [0.1, 0.15) is 12.0 Å². The first kappa shape index (κ1) is 23.3. The van der Waals surface area contributed by atoms with E-state index in [1.165, 1.54) is 4.90 Å². The lowest BCUT2D eigenvalue weighted by Gasteiger charge is -2.18. The van der Waals surface area contributed by atoms with Gasteiger partial charge in [-0.25, -0.2) is 4.99 Å². The number of hydrogen-bond acceptors (Lipinski definition) is 2. The number of amides is 1. The molecule has 0 spiro atoms. The smallest absolute Gasteiger partial charge is 0.263 e. The molecule has 7 heteroatoms. The first-order chi connectivity index (χ1) is 13.4. The van der Waals surface area contributed by atoms with Crippen molar-refractivity contribution in [1.82, 2.24) is 0 Å². The van der Waals surface area contributed by atoms with E-state index >= 15 is 0 Å². The summed E-state index contributed by atoms with van der Waals surface area (Å²) in [4.78, 5) is 20.4. The lowest BCUT2D eigenvalue weighted by atomic mass is 10.1. The predicted molar refractivity (Wildman–Crippen MR) is 122 cm³/mol. The van der Waals surface area contributed by atoms with E-state index in [4.69, 9.17) is 0 Å². The first-order valence-corrected chi connectivity index (χ1v) is 10.3. The minimum atomic E-state index is -0.136. The zero-order valence-corrected chi connectivity index (χ0v) is 19.9. The number of hydrogen-bond donors (Lipinski definition) is 1. The highest BCUT2D eigenvalue weighted by Gasteiger charge is 2.17. The maximum Gasteiger partial charge on any atom is 0.263 e. The highest BCUT2D eigenvalue weighted by atomic mass is 79.9. The Morgan fingerprint density at radius 3 is 1.90 bits per heavy atom. The number of benzene rings is 3. The normalized spacial score (nSPS) is 10.8. The molecule has 1 amide bonds. The van der Waals surface area contributed by atoms with Crippen LogP contribution in [0.3, 0.4) is 0 Å². The van der Waals surface area contributed by atoms with Gasteiger partial charge >= 0.3 is 0 Å². The summed E-state index contributed by atoms with van der Waals surface area (Å²) >= 11 is 6.85. The topological polar surface area (TPSA) is 37.1 Å². The molecule has 150 valence electrons. The fraction of sp³-hybridized carbons (Fsp3) is 0.0909. The van der Waals surface area contributed by atoms with E-state index in [0.29, 0.717) is 5.56 Å². The van der Waals surface area contributed by atoms with Gasteiger partial charge in [0.15, 0.2) is 0 Å². The molecule has 0 saturated carbocycles. The summed E-state index contributed by atoms with van der Waals surface area (Å²) in [7, 11) is 4.10. The monoisotopic (exact) mass is 535 g/mol. The van der Waals surface area contributed by atoms with E-state index in [0.717, 1.165) is 26.0 Å². The van der Waals surface area contributed by atoms with E-state index in [-0.39, 0.29) is 18.3 Å². The molecule has 4 nitrogen and oxygen atoms in total. The van der Waals surface area contributed by atoms with E-state index in [2.05, 4.69) is 50.9 Å². The van der Waals surface area contributed by atoms with Gasteiger partial charge in [0, 0.05) is 14.5 Å². The summed E-state index contributed by atoms with van der Waals surface area (Å²) in [5.74, 6) is -0.136. The molecule has 0 fully saturated rings. The van der Waals surface area contributed by atoms with E-state index in [1.54, 1.807) is 11.2 Å². The van der Waals surface area contributed by atoms with Crippen molar-refractivity contribution in [2.45, 2.75) is 0 Å². The van der Waals surface area contributed by atoms with Crippen molar-refractivity contribution in [2.75, 3.05) is 19.0 Å². The number of carbonyl (C=O) groups is 1.